The molecule has 0 fully saturated rings. The summed E-state index contributed by atoms with van der Waals surface area (Å²) >= 11 is 0. The van der Waals surface area contributed by atoms with E-state index in [1.807, 2.05) is 0 Å². The minimum atomic E-state index is -3.68. The molecule has 31 heavy (non-hydrogen) atoms. The van der Waals surface area contributed by atoms with Crippen LogP contribution < -0.4 is 26.4 Å². The molecule has 0 radical (unpaired) electrons. The summed E-state index contributed by atoms with van der Waals surface area (Å²) < 4.78 is 30.3. The third-order valence-corrected chi connectivity index (χ3v) is 5.73. The zero-order valence-corrected chi connectivity index (χ0v) is 17.8. The number of nitrogens with one attached hydrogen (secondary N) is 1. The van der Waals surface area contributed by atoms with E-state index in [1.54, 1.807) is 26.0 Å². The number of benzene rings is 1. The van der Waals surface area contributed by atoms with E-state index in [-0.39, 0.29) is 39.9 Å². The highest BCUT2D eigenvalue weighted by Crippen LogP contribution is 2.23. The summed E-state index contributed by atoms with van der Waals surface area (Å²) in [7, 11) is -3.68. The van der Waals surface area contributed by atoms with Crippen LogP contribution in [0.5, 0.6) is 5.75 Å². The number of amides is 1. The Morgan fingerprint density at radius 2 is 2.03 bits per heavy atom. The molecule has 2 aromatic heterocycles. The average Bonchev–Trinajstić information content (AvgIpc) is 2.68. The SMILES string of the molecule is CCCS(=O)(=O)Oc1cccc(Nc2ncc3c(=O)c(C(N)=O)c(N)n(CC)c3n2)c1. The smallest absolute Gasteiger partial charge is 0.309 e. The number of hydrogen-bond acceptors (Lipinski definition) is 9. The van der Waals surface area contributed by atoms with Gasteiger partial charge in [0.25, 0.3) is 5.91 Å². The molecule has 164 valence electrons. The summed E-state index contributed by atoms with van der Waals surface area (Å²) in [6.45, 7) is 3.85. The molecule has 0 bridgehead atoms. The van der Waals surface area contributed by atoms with Gasteiger partial charge in [0.2, 0.25) is 11.4 Å². The van der Waals surface area contributed by atoms with Crippen LogP contribution in [0.3, 0.4) is 0 Å². The highest BCUT2D eigenvalue weighted by Gasteiger charge is 2.20. The topological polar surface area (TPSA) is 172 Å². The Bertz CT molecular complexity index is 1320. The molecule has 0 saturated heterocycles. The van der Waals surface area contributed by atoms with E-state index in [2.05, 4.69) is 15.3 Å². The minimum absolute atomic E-state index is 0.0753. The summed E-state index contributed by atoms with van der Waals surface area (Å²) in [5, 5.41) is 3.03. The third-order valence-electron chi connectivity index (χ3n) is 4.37. The second kappa shape index (κ2) is 8.60. The molecule has 11 nitrogen and oxygen atoms in total. The molecule has 0 saturated carbocycles. The maximum Gasteiger partial charge on any atom is 0.309 e. The van der Waals surface area contributed by atoms with Crippen molar-refractivity contribution in [1.29, 1.82) is 0 Å². The first-order chi connectivity index (χ1) is 14.7. The van der Waals surface area contributed by atoms with Crippen molar-refractivity contribution >= 4 is 44.5 Å². The summed E-state index contributed by atoms with van der Waals surface area (Å²) in [4.78, 5) is 32.7. The van der Waals surface area contributed by atoms with E-state index in [1.165, 1.54) is 22.9 Å². The van der Waals surface area contributed by atoms with Gasteiger partial charge in [0, 0.05) is 24.5 Å². The Hall–Kier alpha value is -3.67. The van der Waals surface area contributed by atoms with Crippen LogP contribution in [-0.2, 0) is 16.7 Å². The third kappa shape index (κ3) is 4.58. The Labute approximate surface area is 178 Å². The molecule has 0 aliphatic heterocycles. The molecule has 0 aliphatic rings. The number of fused-ring (bicyclic) bond motifs is 1. The number of nitrogen functional groups attached to an aromatic ring is 1. The first-order valence-corrected chi connectivity index (χ1v) is 11.0. The average molecular weight is 446 g/mol. The van der Waals surface area contributed by atoms with Gasteiger partial charge in [0.15, 0.2) is 5.65 Å². The number of hydrogen-bond donors (Lipinski definition) is 3. The van der Waals surface area contributed by atoms with E-state index in [0.29, 0.717) is 18.7 Å². The number of nitrogens with two attached hydrogens (primary N) is 2. The molecular formula is C19H22N6O5S. The fourth-order valence-corrected chi connectivity index (χ4v) is 4.03. The highest BCUT2D eigenvalue weighted by molar-refractivity contribution is 7.87. The number of anilines is 3. The first-order valence-electron chi connectivity index (χ1n) is 9.45. The molecule has 1 aromatic carbocycles. The quantitative estimate of drug-likeness (QED) is 0.432. The Morgan fingerprint density at radius 1 is 1.29 bits per heavy atom. The number of carbonyl (C=O) groups is 1. The van der Waals surface area contributed by atoms with Gasteiger partial charge in [-0.05, 0) is 25.5 Å². The molecular weight excluding hydrogens is 424 g/mol. The number of primary amides is 1. The summed E-state index contributed by atoms with van der Waals surface area (Å²) in [6, 6.07) is 6.28. The largest absolute Gasteiger partial charge is 0.384 e. The molecule has 0 spiro atoms. The van der Waals surface area contributed by atoms with Crippen molar-refractivity contribution in [2.75, 3.05) is 16.8 Å². The van der Waals surface area contributed by atoms with Gasteiger partial charge < -0.3 is 25.5 Å². The van der Waals surface area contributed by atoms with Gasteiger partial charge in [-0.1, -0.05) is 13.0 Å². The van der Waals surface area contributed by atoms with Crippen LogP contribution in [0.1, 0.15) is 30.6 Å². The van der Waals surface area contributed by atoms with E-state index in [0.717, 1.165) is 0 Å². The number of aryl methyl sites for hydroxylation is 1. The second-order valence-corrected chi connectivity index (χ2v) is 8.32. The predicted molar refractivity (Wildman–Crippen MR) is 117 cm³/mol. The van der Waals surface area contributed by atoms with Crippen molar-refractivity contribution in [3.8, 4) is 5.75 Å². The Morgan fingerprint density at radius 3 is 2.68 bits per heavy atom. The Balaban J connectivity index is 2.00. The normalized spacial score (nSPS) is 11.4. The molecule has 0 aliphatic carbocycles. The predicted octanol–water partition coefficient (Wildman–Crippen LogP) is 1.35. The number of carbonyl (C=O) groups excluding carboxylic acids is 1. The molecule has 0 atom stereocenters. The number of nitrogens with zero attached hydrogens (tertiary/aromatic N) is 3. The van der Waals surface area contributed by atoms with Crippen molar-refractivity contribution in [3.63, 3.8) is 0 Å². The lowest BCUT2D eigenvalue weighted by molar-refractivity contribution is 0.0999. The summed E-state index contributed by atoms with van der Waals surface area (Å²) in [6.07, 6.45) is 1.71. The second-order valence-electron chi connectivity index (χ2n) is 6.63. The minimum Gasteiger partial charge on any atom is -0.384 e. The van der Waals surface area contributed by atoms with E-state index in [4.69, 9.17) is 15.7 Å². The van der Waals surface area contributed by atoms with Gasteiger partial charge in [-0.25, -0.2) is 4.98 Å². The van der Waals surface area contributed by atoms with Crippen LogP contribution in [0.25, 0.3) is 11.0 Å². The van der Waals surface area contributed by atoms with Crippen molar-refractivity contribution in [2.45, 2.75) is 26.8 Å². The number of rotatable bonds is 8. The molecule has 12 heteroatoms. The first kappa shape index (κ1) is 22.0. The molecule has 1 amide bonds. The lowest BCUT2D eigenvalue weighted by atomic mass is 10.2. The maximum absolute atomic E-state index is 12.6. The molecule has 5 N–H and O–H groups in total. The molecule has 0 unspecified atom stereocenters. The monoisotopic (exact) mass is 446 g/mol. The van der Waals surface area contributed by atoms with Crippen molar-refractivity contribution in [1.82, 2.24) is 14.5 Å². The molecule has 3 aromatic rings. The van der Waals surface area contributed by atoms with Crippen LogP contribution in [0.2, 0.25) is 0 Å². The standard InChI is InChI=1S/C19H22N6O5S/c1-3-8-31(28,29)30-12-7-5-6-11(9-12)23-19-22-10-13-15(26)14(17(21)27)16(20)25(4-2)18(13)24-19/h5-7,9-10H,3-4,8,20H2,1-2H3,(H2,21,27)(H,22,23,24). The van der Waals surface area contributed by atoms with Gasteiger partial charge in [-0.3, -0.25) is 9.59 Å². The molecule has 2 heterocycles. The zero-order chi connectivity index (χ0) is 22.8. The Kier molecular flexibility index (Phi) is 6.11. The van der Waals surface area contributed by atoms with Crippen LogP contribution in [-0.4, -0.2) is 34.6 Å². The fourth-order valence-electron chi connectivity index (χ4n) is 3.05. The summed E-state index contributed by atoms with van der Waals surface area (Å²) in [5.74, 6) is -0.826. The van der Waals surface area contributed by atoms with E-state index >= 15 is 0 Å². The fraction of sp³-hybridized carbons (Fsp3) is 0.263. The van der Waals surface area contributed by atoms with Crippen molar-refractivity contribution in [2.24, 2.45) is 5.73 Å². The van der Waals surface area contributed by atoms with Crippen molar-refractivity contribution in [3.05, 3.63) is 46.2 Å². The summed E-state index contributed by atoms with van der Waals surface area (Å²) in [5.41, 5.74) is 11.0. The van der Waals surface area contributed by atoms with Crippen LogP contribution in [0.4, 0.5) is 17.5 Å². The zero-order valence-electron chi connectivity index (χ0n) is 17.0. The lowest BCUT2D eigenvalue weighted by Crippen LogP contribution is -2.28. The van der Waals surface area contributed by atoms with Gasteiger partial charge in [0.05, 0.1) is 11.1 Å². The van der Waals surface area contributed by atoms with Gasteiger partial charge in [0.1, 0.15) is 17.1 Å². The van der Waals surface area contributed by atoms with Gasteiger partial charge in [-0.2, -0.15) is 13.4 Å². The number of pyridine rings is 1. The van der Waals surface area contributed by atoms with Crippen LogP contribution >= 0.6 is 0 Å². The van der Waals surface area contributed by atoms with E-state index < -0.39 is 21.5 Å². The number of aromatic nitrogens is 3. The van der Waals surface area contributed by atoms with E-state index in [9.17, 15) is 18.0 Å². The van der Waals surface area contributed by atoms with Gasteiger partial charge >= 0.3 is 10.1 Å². The lowest BCUT2D eigenvalue weighted by Gasteiger charge is -2.15. The highest BCUT2D eigenvalue weighted by atomic mass is 32.2. The van der Waals surface area contributed by atoms with Crippen LogP contribution in [0, 0.1) is 0 Å². The van der Waals surface area contributed by atoms with Crippen molar-refractivity contribution < 1.29 is 17.4 Å². The van der Waals surface area contributed by atoms with Crippen LogP contribution in [0.15, 0.2) is 35.3 Å². The maximum atomic E-state index is 12.6. The van der Waals surface area contributed by atoms with Gasteiger partial charge in [-0.15, -0.1) is 0 Å². The molecule has 3 rings (SSSR count).